The second-order valence-electron chi connectivity index (χ2n) is 6.14. The topological polar surface area (TPSA) is 61.4 Å². The predicted octanol–water partition coefficient (Wildman–Crippen LogP) is 1.82. The molecule has 1 rings (SSSR count). The molecule has 1 amide bonds. The number of amides is 1. The zero-order valence-electron chi connectivity index (χ0n) is 12.7. The molecule has 1 aliphatic carbocycles. The van der Waals surface area contributed by atoms with Crippen molar-refractivity contribution in [2.45, 2.75) is 71.4 Å². The molecule has 0 bridgehead atoms. The fourth-order valence-electron chi connectivity index (χ4n) is 2.62. The Labute approximate surface area is 117 Å². The van der Waals surface area contributed by atoms with Crippen LogP contribution in [0.4, 0.5) is 0 Å². The third kappa shape index (κ3) is 5.11. The molecule has 4 heteroatoms. The van der Waals surface area contributed by atoms with Crippen molar-refractivity contribution >= 4 is 5.91 Å². The molecule has 0 aromatic carbocycles. The first-order chi connectivity index (χ1) is 9.03. The van der Waals surface area contributed by atoms with Gasteiger partial charge in [0.1, 0.15) is 0 Å². The van der Waals surface area contributed by atoms with E-state index in [1.807, 2.05) is 13.8 Å². The standard InChI is InChI=1S/C15H30N2O2/c1-4-12(2)17-14(19)13(3)16-10-15(11-18)8-6-5-7-9-15/h12-13,16,18H,4-11H2,1-3H3,(H,17,19). The Balaban J connectivity index is 2.39. The molecule has 112 valence electrons. The van der Waals surface area contributed by atoms with Crippen molar-refractivity contribution in [2.75, 3.05) is 13.2 Å². The number of rotatable bonds is 7. The minimum Gasteiger partial charge on any atom is -0.396 e. The number of aliphatic hydroxyl groups is 1. The van der Waals surface area contributed by atoms with Crippen LogP contribution >= 0.6 is 0 Å². The van der Waals surface area contributed by atoms with E-state index in [0.29, 0.717) is 0 Å². The van der Waals surface area contributed by atoms with Gasteiger partial charge in [0.25, 0.3) is 0 Å². The highest BCUT2D eigenvalue weighted by atomic mass is 16.3. The van der Waals surface area contributed by atoms with Crippen molar-refractivity contribution in [3.8, 4) is 0 Å². The Hall–Kier alpha value is -0.610. The molecule has 4 nitrogen and oxygen atoms in total. The monoisotopic (exact) mass is 270 g/mol. The first-order valence-corrected chi connectivity index (χ1v) is 7.67. The highest BCUT2D eigenvalue weighted by molar-refractivity contribution is 5.81. The summed E-state index contributed by atoms with van der Waals surface area (Å²) in [5.41, 5.74) is -0.0108. The van der Waals surface area contributed by atoms with Gasteiger partial charge in [-0.1, -0.05) is 26.2 Å². The molecule has 0 heterocycles. The molecule has 0 aromatic heterocycles. The summed E-state index contributed by atoms with van der Waals surface area (Å²) in [5.74, 6) is 0.0539. The third-order valence-electron chi connectivity index (χ3n) is 4.43. The van der Waals surface area contributed by atoms with Crippen molar-refractivity contribution in [3.05, 3.63) is 0 Å². The van der Waals surface area contributed by atoms with Crippen LogP contribution in [0, 0.1) is 5.41 Å². The fraction of sp³-hybridized carbons (Fsp3) is 0.933. The van der Waals surface area contributed by atoms with Crippen LogP contribution < -0.4 is 10.6 Å². The quantitative estimate of drug-likeness (QED) is 0.661. The molecule has 1 fully saturated rings. The number of aliphatic hydroxyl groups excluding tert-OH is 1. The van der Waals surface area contributed by atoms with Crippen LogP contribution in [-0.2, 0) is 4.79 Å². The minimum atomic E-state index is -0.195. The molecular formula is C15H30N2O2. The van der Waals surface area contributed by atoms with Crippen LogP contribution in [0.2, 0.25) is 0 Å². The van der Waals surface area contributed by atoms with Crippen molar-refractivity contribution in [1.29, 1.82) is 0 Å². The number of carbonyl (C=O) groups excluding carboxylic acids is 1. The Morgan fingerprint density at radius 1 is 1.26 bits per heavy atom. The average Bonchev–Trinajstić information content (AvgIpc) is 2.45. The Kier molecular flexibility index (Phi) is 6.80. The highest BCUT2D eigenvalue weighted by Gasteiger charge is 2.32. The minimum absolute atomic E-state index is 0.0108. The van der Waals surface area contributed by atoms with Gasteiger partial charge in [-0.2, -0.15) is 0 Å². The summed E-state index contributed by atoms with van der Waals surface area (Å²) in [6.07, 6.45) is 6.72. The smallest absolute Gasteiger partial charge is 0.237 e. The van der Waals surface area contributed by atoms with E-state index in [4.69, 9.17) is 0 Å². The molecule has 2 unspecified atom stereocenters. The molecule has 19 heavy (non-hydrogen) atoms. The Morgan fingerprint density at radius 3 is 2.42 bits per heavy atom. The molecule has 0 aliphatic heterocycles. The maximum atomic E-state index is 11.9. The molecule has 0 aromatic rings. The summed E-state index contributed by atoms with van der Waals surface area (Å²) >= 11 is 0. The predicted molar refractivity (Wildman–Crippen MR) is 78.0 cm³/mol. The van der Waals surface area contributed by atoms with Crippen molar-refractivity contribution in [1.82, 2.24) is 10.6 Å². The lowest BCUT2D eigenvalue weighted by molar-refractivity contribution is -0.123. The zero-order chi connectivity index (χ0) is 14.3. The second-order valence-corrected chi connectivity index (χ2v) is 6.14. The van der Waals surface area contributed by atoms with Crippen LogP contribution in [0.25, 0.3) is 0 Å². The van der Waals surface area contributed by atoms with E-state index < -0.39 is 0 Å². The summed E-state index contributed by atoms with van der Waals surface area (Å²) < 4.78 is 0. The van der Waals surface area contributed by atoms with Gasteiger partial charge in [-0.15, -0.1) is 0 Å². The number of hydrogen-bond acceptors (Lipinski definition) is 3. The lowest BCUT2D eigenvalue weighted by Gasteiger charge is -2.36. The molecule has 1 aliphatic rings. The van der Waals surface area contributed by atoms with E-state index in [1.165, 1.54) is 19.3 Å². The molecule has 1 saturated carbocycles. The van der Waals surface area contributed by atoms with Crippen molar-refractivity contribution in [2.24, 2.45) is 5.41 Å². The summed E-state index contributed by atoms with van der Waals surface area (Å²) in [5, 5.41) is 15.9. The van der Waals surface area contributed by atoms with Gasteiger partial charge in [0, 0.05) is 24.6 Å². The first kappa shape index (κ1) is 16.4. The van der Waals surface area contributed by atoms with Gasteiger partial charge in [-0.25, -0.2) is 0 Å². The van der Waals surface area contributed by atoms with Gasteiger partial charge < -0.3 is 15.7 Å². The Morgan fingerprint density at radius 2 is 1.89 bits per heavy atom. The van der Waals surface area contributed by atoms with Gasteiger partial charge in [0.2, 0.25) is 5.91 Å². The van der Waals surface area contributed by atoms with Gasteiger partial charge in [0.15, 0.2) is 0 Å². The van der Waals surface area contributed by atoms with Crippen molar-refractivity contribution < 1.29 is 9.90 Å². The van der Waals surface area contributed by atoms with Crippen LogP contribution in [0.1, 0.15) is 59.3 Å². The number of hydrogen-bond donors (Lipinski definition) is 3. The Bertz CT molecular complexity index is 275. The zero-order valence-corrected chi connectivity index (χ0v) is 12.7. The summed E-state index contributed by atoms with van der Waals surface area (Å²) in [6.45, 7) is 6.93. The average molecular weight is 270 g/mol. The van der Waals surface area contributed by atoms with E-state index in [2.05, 4.69) is 17.6 Å². The van der Waals surface area contributed by atoms with Crippen LogP contribution in [-0.4, -0.2) is 36.2 Å². The van der Waals surface area contributed by atoms with E-state index in [1.54, 1.807) is 0 Å². The van der Waals surface area contributed by atoms with Crippen molar-refractivity contribution in [3.63, 3.8) is 0 Å². The van der Waals surface area contributed by atoms with E-state index in [-0.39, 0.29) is 30.0 Å². The fourth-order valence-corrected chi connectivity index (χ4v) is 2.62. The molecule has 3 N–H and O–H groups in total. The molecule has 0 saturated heterocycles. The molecule has 0 radical (unpaired) electrons. The van der Waals surface area contributed by atoms with Gasteiger partial charge >= 0.3 is 0 Å². The van der Waals surface area contributed by atoms with E-state index in [0.717, 1.165) is 25.8 Å². The summed E-state index contributed by atoms with van der Waals surface area (Å²) in [6, 6.07) is 0.0255. The maximum absolute atomic E-state index is 11.9. The third-order valence-corrected chi connectivity index (χ3v) is 4.43. The molecular weight excluding hydrogens is 240 g/mol. The number of nitrogens with one attached hydrogen (secondary N) is 2. The lowest BCUT2D eigenvalue weighted by Crippen LogP contribution is -2.49. The van der Waals surface area contributed by atoms with Gasteiger partial charge in [-0.05, 0) is 33.1 Å². The largest absolute Gasteiger partial charge is 0.396 e. The summed E-state index contributed by atoms with van der Waals surface area (Å²) in [7, 11) is 0. The van der Waals surface area contributed by atoms with Crippen LogP contribution in [0.15, 0.2) is 0 Å². The van der Waals surface area contributed by atoms with Gasteiger partial charge in [0.05, 0.1) is 6.04 Å². The highest BCUT2D eigenvalue weighted by Crippen LogP contribution is 2.35. The number of carbonyl (C=O) groups is 1. The molecule has 2 atom stereocenters. The lowest BCUT2D eigenvalue weighted by atomic mass is 9.74. The second kappa shape index (κ2) is 7.85. The SMILES string of the molecule is CCC(C)NC(=O)C(C)NCC1(CO)CCCCC1. The van der Waals surface area contributed by atoms with E-state index >= 15 is 0 Å². The maximum Gasteiger partial charge on any atom is 0.237 e. The van der Waals surface area contributed by atoms with Crippen LogP contribution in [0.3, 0.4) is 0 Å². The van der Waals surface area contributed by atoms with E-state index in [9.17, 15) is 9.90 Å². The molecule has 0 spiro atoms. The first-order valence-electron chi connectivity index (χ1n) is 7.67. The summed E-state index contributed by atoms with van der Waals surface area (Å²) in [4.78, 5) is 11.9. The van der Waals surface area contributed by atoms with Gasteiger partial charge in [-0.3, -0.25) is 4.79 Å². The normalized spacial score (nSPS) is 21.7. The van der Waals surface area contributed by atoms with Crippen LogP contribution in [0.5, 0.6) is 0 Å².